The van der Waals surface area contributed by atoms with Crippen molar-refractivity contribution in [3.05, 3.63) is 29.7 Å². The summed E-state index contributed by atoms with van der Waals surface area (Å²) in [5.74, 6) is 0. The Morgan fingerprint density at radius 2 is 1.94 bits per heavy atom. The SMILES string of the molecule is Cc1ccc(CN2CCN(C)CC2)n2ncnc12. The van der Waals surface area contributed by atoms with Crippen LogP contribution >= 0.6 is 0 Å². The van der Waals surface area contributed by atoms with Gasteiger partial charge in [-0.25, -0.2) is 9.50 Å². The maximum absolute atomic E-state index is 4.33. The molecule has 1 aliphatic rings. The molecule has 0 aromatic carbocycles. The molecule has 3 rings (SSSR count). The maximum Gasteiger partial charge on any atom is 0.158 e. The van der Waals surface area contributed by atoms with Crippen LogP contribution < -0.4 is 0 Å². The van der Waals surface area contributed by atoms with Gasteiger partial charge in [0.2, 0.25) is 0 Å². The summed E-state index contributed by atoms with van der Waals surface area (Å²) in [6.45, 7) is 7.57. The van der Waals surface area contributed by atoms with Gasteiger partial charge in [-0.2, -0.15) is 5.10 Å². The van der Waals surface area contributed by atoms with Crippen molar-refractivity contribution in [2.24, 2.45) is 0 Å². The average molecular weight is 245 g/mol. The molecule has 2 aromatic heterocycles. The third-order valence-corrected chi connectivity index (χ3v) is 3.68. The summed E-state index contributed by atoms with van der Waals surface area (Å²) < 4.78 is 1.97. The number of nitrogens with zero attached hydrogens (tertiary/aromatic N) is 5. The van der Waals surface area contributed by atoms with Gasteiger partial charge in [-0.1, -0.05) is 6.07 Å². The molecule has 0 N–H and O–H groups in total. The third kappa shape index (κ3) is 2.11. The lowest BCUT2D eigenvalue weighted by molar-refractivity contribution is 0.146. The molecule has 1 saturated heterocycles. The van der Waals surface area contributed by atoms with E-state index in [1.165, 1.54) is 11.3 Å². The highest BCUT2D eigenvalue weighted by Crippen LogP contribution is 2.12. The maximum atomic E-state index is 4.33. The Balaban J connectivity index is 1.82. The molecule has 3 heterocycles. The number of aryl methyl sites for hydroxylation is 1. The summed E-state index contributed by atoms with van der Waals surface area (Å²) in [7, 11) is 2.18. The summed E-state index contributed by atoms with van der Waals surface area (Å²) in [5.41, 5.74) is 3.37. The van der Waals surface area contributed by atoms with Gasteiger partial charge in [0.25, 0.3) is 0 Å². The molecule has 0 amide bonds. The molecule has 1 fully saturated rings. The first-order valence-corrected chi connectivity index (χ1v) is 6.43. The summed E-state index contributed by atoms with van der Waals surface area (Å²) in [4.78, 5) is 9.16. The van der Waals surface area contributed by atoms with E-state index in [0.29, 0.717) is 0 Å². The second kappa shape index (κ2) is 4.66. The topological polar surface area (TPSA) is 36.7 Å². The van der Waals surface area contributed by atoms with E-state index in [2.05, 4.69) is 46.0 Å². The molecule has 5 heteroatoms. The summed E-state index contributed by atoms with van der Waals surface area (Å²) in [6.07, 6.45) is 1.63. The lowest BCUT2D eigenvalue weighted by Crippen LogP contribution is -2.44. The first kappa shape index (κ1) is 11.6. The Labute approximate surface area is 107 Å². The number of hydrogen-bond donors (Lipinski definition) is 0. The Bertz CT molecular complexity index is 539. The van der Waals surface area contributed by atoms with Crippen molar-refractivity contribution in [2.75, 3.05) is 33.2 Å². The van der Waals surface area contributed by atoms with Crippen LogP contribution in [-0.2, 0) is 6.54 Å². The molecular weight excluding hydrogens is 226 g/mol. The van der Waals surface area contributed by atoms with Gasteiger partial charge >= 0.3 is 0 Å². The second-order valence-electron chi connectivity index (χ2n) is 5.08. The molecule has 96 valence electrons. The molecule has 0 aliphatic carbocycles. The number of rotatable bonds is 2. The van der Waals surface area contributed by atoms with E-state index in [4.69, 9.17) is 0 Å². The highest BCUT2D eigenvalue weighted by molar-refractivity contribution is 5.46. The number of pyridine rings is 1. The molecule has 18 heavy (non-hydrogen) atoms. The predicted molar refractivity (Wildman–Crippen MR) is 70.5 cm³/mol. The number of aromatic nitrogens is 3. The highest BCUT2D eigenvalue weighted by atomic mass is 15.3. The van der Waals surface area contributed by atoms with Crippen molar-refractivity contribution in [2.45, 2.75) is 13.5 Å². The molecule has 5 nitrogen and oxygen atoms in total. The van der Waals surface area contributed by atoms with Crippen molar-refractivity contribution in [3.8, 4) is 0 Å². The molecule has 0 saturated carbocycles. The van der Waals surface area contributed by atoms with Crippen LogP contribution in [0.15, 0.2) is 18.5 Å². The van der Waals surface area contributed by atoms with Crippen LogP contribution in [0.3, 0.4) is 0 Å². The van der Waals surface area contributed by atoms with Gasteiger partial charge in [0.15, 0.2) is 5.65 Å². The summed E-state index contributed by atoms with van der Waals surface area (Å²) in [5, 5.41) is 4.33. The van der Waals surface area contributed by atoms with Crippen molar-refractivity contribution in [1.82, 2.24) is 24.4 Å². The molecular formula is C13H19N5. The number of likely N-dealkylation sites (N-methyl/N-ethyl adjacent to an activating group) is 1. The van der Waals surface area contributed by atoms with Gasteiger partial charge < -0.3 is 4.90 Å². The van der Waals surface area contributed by atoms with Gasteiger partial charge in [-0.3, -0.25) is 4.90 Å². The van der Waals surface area contributed by atoms with Crippen LogP contribution in [0.5, 0.6) is 0 Å². The van der Waals surface area contributed by atoms with Gasteiger partial charge in [0.1, 0.15) is 6.33 Å². The normalized spacial score (nSPS) is 18.6. The Morgan fingerprint density at radius 1 is 1.17 bits per heavy atom. The highest BCUT2D eigenvalue weighted by Gasteiger charge is 2.15. The van der Waals surface area contributed by atoms with E-state index < -0.39 is 0 Å². The third-order valence-electron chi connectivity index (χ3n) is 3.68. The van der Waals surface area contributed by atoms with Gasteiger partial charge in [0.05, 0.1) is 5.69 Å². The van der Waals surface area contributed by atoms with Crippen LogP contribution in [0, 0.1) is 6.92 Å². The van der Waals surface area contributed by atoms with Crippen LogP contribution in [0.4, 0.5) is 0 Å². The monoisotopic (exact) mass is 245 g/mol. The van der Waals surface area contributed by atoms with Gasteiger partial charge in [-0.15, -0.1) is 0 Å². The fourth-order valence-electron chi connectivity index (χ4n) is 2.44. The smallest absolute Gasteiger partial charge is 0.158 e. The lowest BCUT2D eigenvalue weighted by atomic mass is 10.2. The zero-order valence-electron chi connectivity index (χ0n) is 11.0. The van der Waals surface area contributed by atoms with Crippen molar-refractivity contribution < 1.29 is 0 Å². The molecule has 0 spiro atoms. The molecule has 0 unspecified atom stereocenters. The fraction of sp³-hybridized carbons (Fsp3) is 0.538. The minimum atomic E-state index is 0.952. The standard InChI is InChI=1S/C13H19N5/c1-11-3-4-12(18-13(11)14-10-15-18)9-17-7-5-16(2)6-8-17/h3-4,10H,5-9H2,1-2H3. The molecule has 1 aliphatic heterocycles. The molecule has 2 aromatic rings. The Hall–Kier alpha value is -1.46. The minimum absolute atomic E-state index is 0.952. The first-order valence-electron chi connectivity index (χ1n) is 6.43. The lowest BCUT2D eigenvalue weighted by Gasteiger charge is -2.32. The molecule has 0 bridgehead atoms. The van der Waals surface area contributed by atoms with Crippen LogP contribution in [0.2, 0.25) is 0 Å². The van der Waals surface area contributed by atoms with Crippen LogP contribution in [0.1, 0.15) is 11.3 Å². The van der Waals surface area contributed by atoms with Crippen molar-refractivity contribution in [1.29, 1.82) is 0 Å². The Morgan fingerprint density at radius 3 is 2.72 bits per heavy atom. The minimum Gasteiger partial charge on any atom is -0.304 e. The second-order valence-corrected chi connectivity index (χ2v) is 5.08. The van der Waals surface area contributed by atoms with Crippen molar-refractivity contribution in [3.63, 3.8) is 0 Å². The van der Waals surface area contributed by atoms with Crippen LogP contribution in [-0.4, -0.2) is 57.6 Å². The average Bonchev–Trinajstić information content (AvgIpc) is 2.86. The van der Waals surface area contributed by atoms with E-state index in [-0.39, 0.29) is 0 Å². The number of hydrogen-bond acceptors (Lipinski definition) is 4. The van der Waals surface area contributed by atoms with E-state index >= 15 is 0 Å². The quantitative estimate of drug-likeness (QED) is 0.783. The number of piperazine rings is 1. The summed E-state index contributed by atoms with van der Waals surface area (Å²) in [6, 6.07) is 4.30. The van der Waals surface area contributed by atoms with Gasteiger partial charge in [0, 0.05) is 32.7 Å². The molecule has 0 radical (unpaired) electrons. The molecule has 0 atom stereocenters. The fourth-order valence-corrected chi connectivity index (χ4v) is 2.44. The van der Waals surface area contributed by atoms with Crippen molar-refractivity contribution >= 4 is 5.65 Å². The zero-order chi connectivity index (χ0) is 12.5. The zero-order valence-corrected chi connectivity index (χ0v) is 11.0. The van der Waals surface area contributed by atoms with Crippen LogP contribution in [0.25, 0.3) is 5.65 Å². The van der Waals surface area contributed by atoms with E-state index in [9.17, 15) is 0 Å². The predicted octanol–water partition coefficient (Wildman–Crippen LogP) is 0.785. The Kier molecular flexibility index (Phi) is 3.01. The first-order chi connectivity index (χ1) is 8.74. The largest absolute Gasteiger partial charge is 0.304 e. The van der Waals surface area contributed by atoms with E-state index in [1.54, 1.807) is 6.33 Å². The van der Waals surface area contributed by atoms with E-state index in [1.807, 2.05) is 4.52 Å². The number of fused-ring (bicyclic) bond motifs is 1. The summed E-state index contributed by atoms with van der Waals surface area (Å²) >= 11 is 0. The van der Waals surface area contributed by atoms with Gasteiger partial charge in [-0.05, 0) is 25.6 Å². The van der Waals surface area contributed by atoms with E-state index in [0.717, 1.165) is 38.4 Å².